The van der Waals surface area contributed by atoms with Crippen LogP contribution >= 0.6 is 0 Å². The Labute approximate surface area is 101 Å². The SMILES string of the molecule is Cc1cc(OCCN(C)C)cc(C(=O)O)c1N. The lowest BCUT2D eigenvalue weighted by atomic mass is 10.1. The van der Waals surface area contributed by atoms with Crippen molar-refractivity contribution in [2.45, 2.75) is 6.92 Å². The van der Waals surface area contributed by atoms with Gasteiger partial charge in [-0.15, -0.1) is 0 Å². The number of carboxylic acids is 1. The second kappa shape index (κ2) is 5.54. The van der Waals surface area contributed by atoms with Crippen molar-refractivity contribution >= 4 is 11.7 Å². The molecule has 0 spiro atoms. The lowest BCUT2D eigenvalue weighted by molar-refractivity contribution is 0.0697. The molecule has 94 valence electrons. The molecule has 0 saturated heterocycles. The number of carbonyl (C=O) groups is 1. The molecule has 0 aliphatic heterocycles. The van der Waals surface area contributed by atoms with Gasteiger partial charge in [-0.25, -0.2) is 4.79 Å². The molecule has 0 amide bonds. The first-order valence-electron chi connectivity index (χ1n) is 5.32. The topological polar surface area (TPSA) is 75.8 Å². The van der Waals surface area contributed by atoms with Crippen LogP contribution in [0.2, 0.25) is 0 Å². The minimum Gasteiger partial charge on any atom is -0.492 e. The number of hydrogen-bond acceptors (Lipinski definition) is 4. The van der Waals surface area contributed by atoms with Crippen LogP contribution in [-0.2, 0) is 0 Å². The monoisotopic (exact) mass is 238 g/mol. The van der Waals surface area contributed by atoms with Crippen LogP contribution in [0.15, 0.2) is 12.1 Å². The second-order valence-corrected chi connectivity index (χ2v) is 4.16. The molecule has 5 nitrogen and oxygen atoms in total. The Morgan fingerprint density at radius 3 is 2.65 bits per heavy atom. The minimum atomic E-state index is -1.04. The first kappa shape index (κ1) is 13.3. The smallest absolute Gasteiger partial charge is 0.337 e. The molecule has 0 fully saturated rings. The zero-order valence-corrected chi connectivity index (χ0v) is 10.4. The van der Waals surface area contributed by atoms with E-state index in [1.807, 2.05) is 19.0 Å². The third-order valence-corrected chi connectivity index (χ3v) is 2.40. The van der Waals surface area contributed by atoms with Gasteiger partial charge in [0.2, 0.25) is 0 Å². The maximum absolute atomic E-state index is 11.0. The van der Waals surface area contributed by atoms with Crippen molar-refractivity contribution in [2.75, 3.05) is 33.0 Å². The molecular weight excluding hydrogens is 220 g/mol. The molecule has 1 aromatic carbocycles. The molecule has 5 heteroatoms. The molecule has 0 aromatic heterocycles. The largest absolute Gasteiger partial charge is 0.492 e. The Hall–Kier alpha value is -1.75. The van der Waals surface area contributed by atoms with Crippen molar-refractivity contribution in [3.05, 3.63) is 23.3 Å². The van der Waals surface area contributed by atoms with Gasteiger partial charge in [0.05, 0.1) is 5.56 Å². The molecule has 0 unspecified atom stereocenters. The highest BCUT2D eigenvalue weighted by molar-refractivity contribution is 5.95. The Morgan fingerprint density at radius 2 is 2.12 bits per heavy atom. The molecular formula is C12H18N2O3. The number of anilines is 1. The summed E-state index contributed by atoms with van der Waals surface area (Å²) in [7, 11) is 3.89. The predicted molar refractivity (Wildman–Crippen MR) is 66.6 cm³/mol. The van der Waals surface area contributed by atoms with E-state index in [2.05, 4.69) is 0 Å². The number of aromatic carboxylic acids is 1. The third-order valence-electron chi connectivity index (χ3n) is 2.40. The van der Waals surface area contributed by atoms with Gasteiger partial charge in [0.25, 0.3) is 0 Å². The summed E-state index contributed by atoms with van der Waals surface area (Å²) in [5.41, 5.74) is 6.77. The van der Waals surface area contributed by atoms with E-state index in [4.69, 9.17) is 15.6 Å². The number of nitrogens with zero attached hydrogens (tertiary/aromatic N) is 1. The highest BCUT2D eigenvalue weighted by Gasteiger charge is 2.12. The van der Waals surface area contributed by atoms with Crippen LogP contribution in [0.5, 0.6) is 5.75 Å². The summed E-state index contributed by atoms with van der Waals surface area (Å²) >= 11 is 0. The number of nitrogens with two attached hydrogens (primary N) is 1. The summed E-state index contributed by atoms with van der Waals surface area (Å²) in [5.74, 6) is -0.500. The summed E-state index contributed by atoms with van der Waals surface area (Å²) in [6.45, 7) is 3.04. The molecule has 1 rings (SSSR count). The van der Waals surface area contributed by atoms with Gasteiger partial charge in [-0.1, -0.05) is 0 Å². The van der Waals surface area contributed by atoms with Gasteiger partial charge in [-0.05, 0) is 38.7 Å². The van der Waals surface area contributed by atoms with Crippen molar-refractivity contribution in [1.82, 2.24) is 4.90 Å². The van der Waals surface area contributed by atoms with Crippen molar-refractivity contribution in [3.8, 4) is 5.75 Å². The molecule has 3 N–H and O–H groups in total. The summed E-state index contributed by atoms with van der Waals surface area (Å²) in [5, 5.41) is 8.98. The molecule has 1 aromatic rings. The summed E-state index contributed by atoms with van der Waals surface area (Å²) in [6.07, 6.45) is 0. The van der Waals surface area contributed by atoms with E-state index in [9.17, 15) is 4.79 Å². The minimum absolute atomic E-state index is 0.0878. The number of ether oxygens (including phenoxy) is 1. The number of nitrogen functional groups attached to an aromatic ring is 1. The zero-order chi connectivity index (χ0) is 13.0. The number of aryl methyl sites for hydroxylation is 1. The van der Waals surface area contributed by atoms with E-state index in [1.165, 1.54) is 6.07 Å². The highest BCUT2D eigenvalue weighted by Crippen LogP contribution is 2.24. The Bertz CT molecular complexity index is 416. The van der Waals surface area contributed by atoms with E-state index < -0.39 is 5.97 Å². The van der Waals surface area contributed by atoms with Gasteiger partial charge >= 0.3 is 5.97 Å². The molecule has 0 aliphatic carbocycles. The predicted octanol–water partition coefficient (Wildman–Crippen LogP) is 1.22. The van der Waals surface area contributed by atoms with Crippen LogP contribution < -0.4 is 10.5 Å². The van der Waals surface area contributed by atoms with Crippen molar-refractivity contribution < 1.29 is 14.6 Å². The first-order chi connectivity index (χ1) is 7.91. The number of benzene rings is 1. The summed E-state index contributed by atoms with van der Waals surface area (Å²) < 4.78 is 5.48. The number of likely N-dealkylation sites (N-methyl/N-ethyl adjacent to an activating group) is 1. The molecule has 0 radical (unpaired) electrons. The van der Waals surface area contributed by atoms with E-state index >= 15 is 0 Å². The molecule has 0 atom stereocenters. The molecule has 0 saturated carbocycles. The normalized spacial score (nSPS) is 10.6. The number of hydrogen-bond donors (Lipinski definition) is 2. The van der Waals surface area contributed by atoms with Crippen LogP contribution in [0.1, 0.15) is 15.9 Å². The van der Waals surface area contributed by atoms with Gasteiger partial charge < -0.3 is 20.5 Å². The van der Waals surface area contributed by atoms with Gasteiger partial charge in [-0.3, -0.25) is 0 Å². The van der Waals surface area contributed by atoms with Crippen molar-refractivity contribution in [3.63, 3.8) is 0 Å². The van der Waals surface area contributed by atoms with Gasteiger partial charge in [0.1, 0.15) is 12.4 Å². The molecule has 0 aliphatic rings. The van der Waals surface area contributed by atoms with Gasteiger partial charge in [0.15, 0.2) is 0 Å². The van der Waals surface area contributed by atoms with Crippen LogP contribution in [0.25, 0.3) is 0 Å². The maximum atomic E-state index is 11.0. The average molecular weight is 238 g/mol. The Balaban J connectivity index is 2.84. The van der Waals surface area contributed by atoms with Crippen LogP contribution in [0.3, 0.4) is 0 Å². The zero-order valence-electron chi connectivity index (χ0n) is 10.4. The second-order valence-electron chi connectivity index (χ2n) is 4.16. The lowest BCUT2D eigenvalue weighted by Gasteiger charge is -2.13. The van der Waals surface area contributed by atoms with Crippen LogP contribution in [0.4, 0.5) is 5.69 Å². The van der Waals surface area contributed by atoms with Gasteiger partial charge in [-0.2, -0.15) is 0 Å². The van der Waals surface area contributed by atoms with E-state index in [-0.39, 0.29) is 11.3 Å². The fourth-order valence-electron chi connectivity index (χ4n) is 1.37. The first-order valence-corrected chi connectivity index (χ1v) is 5.32. The number of rotatable bonds is 5. The Morgan fingerprint density at radius 1 is 1.47 bits per heavy atom. The van der Waals surface area contributed by atoms with Crippen LogP contribution in [-0.4, -0.2) is 43.2 Å². The summed E-state index contributed by atoms with van der Waals surface area (Å²) in [6, 6.07) is 3.21. The standard InChI is InChI=1S/C12H18N2O3/c1-8-6-9(17-5-4-14(2)3)7-10(11(8)13)12(15)16/h6-7H,4-5,13H2,1-3H3,(H,15,16). The van der Waals surface area contributed by atoms with Crippen molar-refractivity contribution in [2.24, 2.45) is 0 Å². The van der Waals surface area contributed by atoms with E-state index in [1.54, 1.807) is 13.0 Å². The molecule has 17 heavy (non-hydrogen) atoms. The molecule has 0 bridgehead atoms. The third kappa shape index (κ3) is 3.64. The van der Waals surface area contributed by atoms with Crippen molar-refractivity contribution in [1.29, 1.82) is 0 Å². The van der Waals surface area contributed by atoms with Crippen LogP contribution in [0, 0.1) is 6.92 Å². The summed E-state index contributed by atoms with van der Waals surface area (Å²) in [4.78, 5) is 13.0. The fourth-order valence-corrected chi connectivity index (χ4v) is 1.37. The maximum Gasteiger partial charge on any atom is 0.337 e. The lowest BCUT2D eigenvalue weighted by Crippen LogP contribution is -2.19. The fraction of sp³-hybridized carbons (Fsp3) is 0.417. The Kier molecular flexibility index (Phi) is 4.34. The molecule has 0 heterocycles. The van der Waals surface area contributed by atoms with Gasteiger partial charge in [0, 0.05) is 12.2 Å². The van der Waals surface area contributed by atoms with E-state index in [0.717, 1.165) is 6.54 Å². The number of carboxylic acid groups (broad SMARTS) is 1. The quantitative estimate of drug-likeness (QED) is 0.754. The van der Waals surface area contributed by atoms with E-state index in [0.29, 0.717) is 17.9 Å². The average Bonchev–Trinajstić information content (AvgIpc) is 2.22. The highest BCUT2D eigenvalue weighted by atomic mass is 16.5.